The SMILES string of the molecule is O=C(O)C1CC12CCN(C(=O)C1(Cc3ccccc3)CCC1)CC2. The molecule has 1 spiro atoms. The summed E-state index contributed by atoms with van der Waals surface area (Å²) in [5.41, 5.74) is 1.03. The third-order valence-corrected chi connectivity index (χ3v) is 6.68. The predicted octanol–water partition coefficient (Wildman–Crippen LogP) is 3.11. The van der Waals surface area contributed by atoms with E-state index in [1.54, 1.807) is 0 Å². The van der Waals surface area contributed by atoms with Crippen LogP contribution in [-0.4, -0.2) is 35.0 Å². The lowest BCUT2D eigenvalue weighted by molar-refractivity contribution is -0.149. The van der Waals surface area contributed by atoms with Crippen molar-refractivity contribution in [2.75, 3.05) is 13.1 Å². The Hall–Kier alpha value is -1.84. The average Bonchev–Trinajstić information content (AvgIpc) is 3.26. The van der Waals surface area contributed by atoms with E-state index in [-0.39, 0.29) is 16.7 Å². The van der Waals surface area contributed by atoms with Crippen LogP contribution in [0.25, 0.3) is 0 Å². The van der Waals surface area contributed by atoms with Gasteiger partial charge in [-0.3, -0.25) is 9.59 Å². The van der Waals surface area contributed by atoms with Gasteiger partial charge < -0.3 is 10.0 Å². The molecule has 4 rings (SSSR count). The minimum atomic E-state index is -0.658. The maximum absolute atomic E-state index is 13.2. The van der Waals surface area contributed by atoms with E-state index in [0.717, 1.165) is 58.0 Å². The van der Waals surface area contributed by atoms with E-state index < -0.39 is 5.97 Å². The second kappa shape index (κ2) is 5.61. The van der Waals surface area contributed by atoms with Crippen LogP contribution < -0.4 is 0 Å². The molecule has 2 aliphatic carbocycles. The summed E-state index contributed by atoms with van der Waals surface area (Å²) < 4.78 is 0. The molecule has 0 aromatic heterocycles. The first-order valence-corrected chi connectivity index (χ1v) is 9.11. The largest absolute Gasteiger partial charge is 0.481 e. The van der Waals surface area contributed by atoms with Crippen LogP contribution in [0.15, 0.2) is 30.3 Å². The van der Waals surface area contributed by atoms with E-state index in [9.17, 15) is 14.7 Å². The summed E-state index contributed by atoms with van der Waals surface area (Å²) in [7, 11) is 0. The molecule has 3 fully saturated rings. The predicted molar refractivity (Wildman–Crippen MR) is 90.4 cm³/mol. The van der Waals surface area contributed by atoms with Crippen molar-refractivity contribution in [1.29, 1.82) is 0 Å². The van der Waals surface area contributed by atoms with Gasteiger partial charge in [-0.05, 0) is 49.5 Å². The van der Waals surface area contributed by atoms with Crippen LogP contribution in [-0.2, 0) is 16.0 Å². The minimum Gasteiger partial charge on any atom is -0.481 e. The summed E-state index contributed by atoms with van der Waals surface area (Å²) in [5.74, 6) is -0.522. The summed E-state index contributed by atoms with van der Waals surface area (Å²) in [4.78, 5) is 26.4. The maximum atomic E-state index is 13.2. The zero-order chi connectivity index (χ0) is 16.8. The van der Waals surface area contributed by atoms with E-state index in [4.69, 9.17) is 0 Å². The number of carboxylic acids is 1. The molecule has 24 heavy (non-hydrogen) atoms. The van der Waals surface area contributed by atoms with E-state index in [1.807, 2.05) is 23.1 Å². The fourth-order valence-electron chi connectivity index (χ4n) is 4.80. The highest BCUT2D eigenvalue weighted by molar-refractivity contribution is 5.84. The molecule has 3 aliphatic rings. The van der Waals surface area contributed by atoms with Gasteiger partial charge in [0.15, 0.2) is 0 Å². The molecule has 1 aromatic rings. The summed E-state index contributed by atoms with van der Waals surface area (Å²) in [6.07, 6.45) is 6.47. The number of hydrogen-bond acceptors (Lipinski definition) is 2. The number of carbonyl (C=O) groups is 2. The number of rotatable bonds is 4. The number of carbonyl (C=O) groups excluding carboxylic acids is 1. The molecule has 4 nitrogen and oxygen atoms in total. The number of piperidine rings is 1. The first-order valence-electron chi connectivity index (χ1n) is 9.11. The summed E-state index contributed by atoms with van der Waals surface area (Å²) >= 11 is 0. The molecule has 0 radical (unpaired) electrons. The zero-order valence-electron chi connectivity index (χ0n) is 14.0. The van der Waals surface area contributed by atoms with E-state index in [1.165, 1.54) is 5.56 Å². The Morgan fingerprint density at radius 1 is 1.08 bits per heavy atom. The van der Waals surface area contributed by atoms with E-state index >= 15 is 0 Å². The van der Waals surface area contributed by atoms with Crippen LogP contribution in [0.3, 0.4) is 0 Å². The van der Waals surface area contributed by atoms with Gasteiger partial charge in [0.25, 0.3) is 0 Å². The van der Waals surface area contributed by atoms with Crippen LogP contribution in [0.1, 0.15) is 44.1 Å². The second-order valence-electron chi connectivity index (χ2n) is 8.05. The normalized spacial score (nSPS) is 26.7. The third-order valence-electron chi connectivity index (χ3n) is 6.68. The first kappa shape index (κ1) is 15.7. The molecular formula is C20H25NO3. The molecule has 1 heterocycles. The highest BCUT2D eigenvalue weighted by atomic mass is 16.4. The monoisotopic (exact) mass is 327 g/mol. The zero-order valence-corrected chi connectivity index (χ0v) is 14.0. The number of benzene rings is 1. The van der Waals surface area contributed by atoms with Gasteiger partial charge in [0.05, 0.1) is 11.3 Å². The van der Waals surface area contributed by atoms with Crippen LogP contribution in [0.5, 0.6) is 0 Å². The highest BCUT2D eigenvalue weighted by Crippen LogP contribution is 2.59. The van der Waals surface area contributed by atoms with Crippen LogP contribution >= 0.6 is 0 Å². The number of hydrogen-bond donors (Lipinski definition) is 1. The van der Waals surface area contributed by atoms with Crippen LogP contribution in [0.2, 0.25) is 0 Å². The lowest BCUT2D eigenvalue weighted by atomic mass is 9.64. The quantitative estimate of drug-likeness (QED) is 0.924. The summed E-state index contributed by atoms with van der Waals surface area (Å²) in [5, 5.41) is 9.21. The van der Waals surface area contributed by atoms with Crippen LogP contribution in [0.4, 0.5) is 0 Å². The second-order valence-corrected chi connectivity index (χ2v) is 8.05. The maximum Gasteiger partial charge on any atom is 0.307 e. The van der Waals surface area contributed by atoms with Gasteiger partial charge in [-0.25, -0.2) is 0 Å². The highest BCUT2D eigenvalue weighted by Gasteiger charge is 2.59. The molecule has 1 N–H and O–H groups in total. The van der Waals surface area contributed by atoms with E-state index in [2.05, 4.69) is 12.1 Å². The van der Waals surface area contributed by atoms with Crippen molar-refractivity contribution in [3.63, 3.8) is 0 Å². The third kappa shape index (κ3) is 2.52. The molecule has 128 valence electrons. The molecule has 1 saturated heterocycles. The Morgan fingerprint density at radius 2 is 1.75 bits per heavy atom. The standard InChI is InChI=1S/C20H25NO3/c22-17(23)16-14-19(16)9-11-21(12-10-19)18(24)20(7-4-8-20)13-15-5-2-1-3-6-15/h1-3,5-6,16H,4,7-14H2,(H,22,23). The van der Waals surface area contributed by atoms with Gasteiger partial charge in [-0.15, -0.1) is 0 Å². The number of amides is 1. The smallest absolute Gasteiger partial charge is 0.307 e. The van der Waals surface area contributed by atoms with Crippen molar-refractivity contribution >= 4 is 11.9 Å². The molecule has 2 saturated carbocycles. The Bertz CT molecular complexity index is 642. The topological polar surface area (TPSA) is 57.6 Å². The Morgan fingerprint density at radius 3 is 2.25 bits per heavy atom. The van der Waals surface area contributed by atoms with Crippen molar-refractivity contribution < 1.29 is 14.7 Å². The molecular weight excluding hydrogens is 302 g/mol. The molecule has 0 bridgehead atoms. The average molecular weight is 327 g/mol. The molecule has 1 aromatic carbocycles. The lowest BCUT2D eigenvalue weighted by Crippen LogP contribution is -2.51. The summed E-state index contributed by atoms with van der Waals surface area (Å²) in [6, 6.07) is 10.3. The van der Waals surface area contributed by atoms with Gasteiger partial charge in [-0.2, -0.15) is 0 Å². The first-order chi connectivity index (χ1) is 11.5. The van der Waals surface area contributed by atoms with Crippen molar-refractivity contribution in [3.05, 3.63) is 35.9 Å². The van der Waals surface area contributed by atoms with Gasteiger partial charge in [0.1, 0.15) is 0 Å². The van der Waals surface area contributed by atoms with Crippen molar-refractivity contribution in [3.8, 4) is 0 Å². The number of likely N-dealkylation sites (tertiary alicyclic amines) is 1. The minimum absolute atomic E-state index is 0.00514. The number of carboxylic acid groups (broad SMARTS) is 1. The molecule has 1 unspecified atom stereocenters. The van der Waals surface area contributed by atoms with Gasteiger partial charge in [0, 0.05) is 13.1 Å². The number of nitrogens with zero attached hydrogens (tertiary/aromatic N) is 1. The van der Waals surface area contributed by atoms with Gasteiger partial charge >= 0.3 is 5.97 Å². The van der Waals surface area contributed by atoms with E-state index in [0.29, 0.717) is 5.91 Å². The van der Waals surface area contributed by atoms with Crippen molar-refractivity contribution in [2.24, 2.45) is 16.7 Å². The Kier molecular flexibility index (Phi) is 3.66. The Labute approximate surface area is 142 Å². The van der Waals surface area contributed by atoms with Crippen LogP contribution in [0, 0.1) is 16.7 Å². The molecule has 1 amide bonds. The molecule has 1 aliphatic heterocycles. The lowest BCUT2D eigenvalue weighted by Gasteiger charge is -2.45. The Balaban J connectivity index is 1.41. The van der Waals surface area contributed by atoms with Gasteiger partial charge in [-0.1, -0.05) is 36.8 Å². The molecule has 1 atom stereocenters. The molecule has 4 heteroatoms. The summed E-state index contributed by atoms with van der Waals surface area (Å²) in [6.45, 7) is 1.47. The van der Waals surface area contributed by atoms with Gasteiger partial charge in [0.2, 0.25) is 5.91 Å². The fraction of sp³-hybridized carbons (Fsp3) is 0.600. The van der Waals surface area contributed by atoms with Crippen molar-refractivity contribution in [2.45, 2.75) is 44.9 Å². The number of aliphatic carboxylic acids is 1. The van der Waals surface area contributed by atoms with Crippen molar-refractivity contribution in [1.82, 2.24) is 4.90 Å². The fourth-order valence-corrected chi connectivity index (χ4v) is 4.80.